The molecule has 0 fully saturated rings. The minimum Gasteiger partial charge on any atom is -0.357 e. The number of rotatable bonds is 5. The van der Waals surface area contributed by atoms with Crippen LogP contribution >= 0.6 is 0 Å². The number of hydrogen-bond acceptors (Lipinski definition) is 6. The third-order valence-corrected chi connectivity index (χ3v) is 6.47. The zero-order valence-corrected chi connectivity index (χ0v) is 18.2. The van der Waals surface area contributed by atoms with Gasteiger partial charge in [-0.05, 0) is 40.5 Å². The summed E-state index contributed by atoms with van der Waals surface area (Å²) in [6.07, 6.45) is 0.924. The highest BCUT2D eigenvalue weighted by molar-refractivity contribution is 5.85. The van der Waals surface area contributed by atoms with Crippen LogP contribution in [-0.2, 0) is 13.0 Å². The Bertz CT molecular complexity index is 1480. The summed E-state index contributed by atoms with van der Waals surface area (Å²) < 4.78 is 0. The number of nitro benzene ring substituents is 1. The van der Waals surface area contributed by atoms with Crippen molar-refractivity contribution in [3.05, 3.63) is 105 Å². The Hall–Kier alpha value is -4.37. The first-order chi connectivity index (χ1) is 16.7. The first-order valence-electron chi connectivity index (χ1n) is 11.1. The molecule has 1 aliphatic rings. The molecule has 2 aromatic heterocycles. The van der Waals surface area contributed by atoms with Crippen molar-refractivity contribution < 1.29 is 4.92 Å². The van der Waals surface area contributed by atoms with Gasteiger partial charge in [0.25, 0.3) is 5.69 Å². The monoisotopic (exact) mass is 451 g/mol. The first-order valence-corrected chi connectivity index (χ1v) is 11.1. The summed E-state index contributed by atoms with van der Waals surface area (Å²) in [5.41, 5.74) is 6.73. The maximum Gasteiger partial charge on any atom is 0.269 e. The highest BCUT2D eigenvalue weighted by atomic mass is 16.6. The van der Waals surface area contributed by atoms with Crippen LogP contribution in [0.25, 0.3) is 22.3 Å². The Kier molecular flexibility index (Phi) is 4.88. The van der Waals surface area contributed by atoms with Crippen molar-refractivity contribution in [1.82, 2.24) is 30.5 Å². The van der Waals surface area contributed by atoms with Gasteiger partial charge in [0.1, 0.15) is 0 Å². The molecule has 0 aliphatic carbocycles. The molecule has 9 nitrogen and oxygen atoms in total. The van der Waals surface area contributed by atoms with E-state index in [0.29, 0.717) is 12.4 Å². The fourth-order valence-electron chi connectivity index (χ4n) is 4.94. The molecule has 1 atom stereocenters. The van der Waals surface area contributed by atoms with Crippen LogP contribution in [0.5, 0.6) is 0 Å². The third-order valence-electron chi connectivity index (χ3n) is 6.47. The van der Waals surface area contributed by atoms with Crippen LogP contribution in [0.1, 0.15) is 28.4 Å². The van der Waals surface area contributed by atoms with Crippen LogP contribution in [0.3, 0.4) is 0 Å². The topological polar surface area (TPSA) is 117 Å². The molecule has 0 saturated heterocycles. The van der Waals surface area contributed by atoms with Gasteiger partial charge < -0.3 is 4.98 Å². The maximum atomic E-state index is 11.2. The number of fused-ring (bicyclic) bond motifs is 3. The van der Waals surface area contributed by atoms with E-state index < -0.39 is 0 Å². The number of nitrogens with one attached hydrogen (secondary N) is 2. The lowest BCUT2D eigenvalue weighted by Gasteiger charge is -2.36. The van der Waals surface area contributed by atoms with Crippen molar-refractivity contribution in [3.8, 4) is 11.4 Å². The molecular formula is C25H21N7O2. The molecule has 1 unspecified atom stereocenters. The van der Waals surface area contributed by atoms with Crippen LogP contribution in [0, 0.1) is 10.1 Å². The van der Waals surface area contributed by atoms with Crippen molar-refractivity contribution in [2.45, 2.75) is 19.0 Å². The van der Waals surface area contributed by atoms with Crippen molar-refractivity contribution in [1.29, 1.82) is 0 Å². The molecule has 3 aromatic carbocycles. The molecule has 0 spiro atoms. The van der Waals surface area contributed by atoms with Crippen molar-refractivity contribution in [2.75, 3.05) is 6.54 Å². The lowest BCUT2D eigenvalue weighted by Crippen LogP contribution is -2.35. The van der Waals surface area contributed by atoms with E-state index in [0.717, 1.165) is 40.9 Å². The average Bonchev–Trinajstić information content (AvgIpc) is 3.53. The van der Waals surface area contributed by atoms with Gasteiger partial charge in [-0.2, -0.15) is 5.21 Å². The van der Waals surface area contributed by atoms with Gasteiger partial charge in [-0.1, -0.05) is 48.5 Å². The zero-order chi connectivity index (χ0) is 23.1. The second-order valence-corrected chi connectivity index (χ2v) is 8.47. The van der Waals surface area contributed by atoms with E-state index in [9.17, 15) is 10.1 Å². The Labute approximate surface area is 194 Å². The number of aromatic amines is 2. The van der Waals surface area contributed by atoms with Crippen molar-refractivity contribution in [3.63, 3.8) is 0 Å². The number of tetrazole rings is 1. The lowest BCUT2D eigenvalue weighted by molar-refractivity contribution is -0.384. The molecule has 3 heterocycles. The van der Waals surface area contributed by atoms with Crippen molar-refractivity contribution in [2.24, 2.45) is 0 Å². The van der Waals surface area contributed by atoms with Crippen LogP contribution in [0.2, 0.25) is 0 Å². The average molecular weight is 451 g/mol. The second kappa shape index (κ2) is 8.20. The van der Waals surface area contributed by atoms with Crippen molar-refractivity contribution >= 4 is 16.6 Å². The van der Waals surface area contributed by atoms with E-state index in [-0.39, 0.29) is 16.7 Å². The van der Waals surface area contributed by atoms with E-state index in [2.05, 4.69) is 60.8 Å². The number of para-hydroxylation sites is 1. The normalized spacial score (nSPS) is 15.9. The van der Waals surface area contributed by atoms with Crippen LogP contribution in [0.15, 0.2) is 72.8 Å². The molecule has 9 heteroatoms. The predicted molar refractivity (Wildman–Crippen MR) is 127 cm³/mol. The van der Waals surface area contributed by atoms with Crippen LogP contribution < -0.4 is 0 Å². The summed E-state index contributed by atoms with van der Waals surface area (Å²) in [5.74, 6) is 0.560. The molecule has 6 rings (SSSR count). The minimum atomic E-state index is -0.361. The van der Waals surface area contributed by atoms with Gasteiger partial charge in [0.2, 0.25) is 5.82 Å². The van der Waals surface area contributed by atoms with Gasteiger partial charge in [-0.3, -0.25) is 15.0 Å². The Morgan fingerprint density at radius 3 is 2.71 bits per heavy atom. The SMILES string of the molecule is O=[N+]([O-])c1ccc(C2c3[nH]c4ccccc4c3CCN2Cc2cccc(-c3nn[nH]n3)c2)cc1. The number of hydrogen-bond donors (Lipinski definition) is 2. The highest BCUT2D eigenvalue weighted by Gasteiger charge is 2.32. The lowest BCUT2D eigenvalue weighted by atomic mass is 9.91. The van der Waals surface area contributed by atoms with Gasteiger partial charge in [0, 0.05) is 47.4 Å². The first kappa shape index (κ1) is 20.3. The highest BCUT2D eigenvalue weighted by Crippen LogP contribution is 2.39. The Morgan fingerprint density at radius 1 is 1.06 bits per heavy atom. The fraction of sp³-hybridized carbons (Fsp3) is 0.160. The van der Waals surface area contributed by atoms with Gasteiger partial charge in [-0.25, -0.2) is 0 Å². The van der Waals surface area contributed by atoms with E-state index in [4.69, 9.17) is 0 Å². The van der Waals surface area contributed by atoms with Gasteiger partial charge in [0.15, 0.2) is 0 Å². The molecule has 1 aliphatic heterocycles. The molecule has 0 amide bonds. The molecule has 0 saturated carbocycles. The molecular weight excluding hydrogens is 430 g/mol. The second-order valence-electron chi connectivity index (χ2n) is 8.47. The minimum absolute atomic E-state index is 0.0502. The van der Waals surface area contributed by atoms with Gasteiger partial charge in [-0.15, -0.1) is 10.2 Å². The zero-order valence-electron chi connectivity index (χ0n) is 18.2. The Balaban J connectivity index is 1.41. The molecule has 0 radical (unpaired) electrons. The quantitative estimate of drug-likeness (QED) is 0.302. The third kappa shape index (κ3) is 3.52. The number of nitro groups is 1. The molecule has 2 N–H and O–H groups in total. The van der Waals surface area contributed by atoms with Gasteiger partial charge in [0.05, 0.1) is 11.0 Å². The van der Waals surface area contributed by atoms with E-state index in [1.165, 1.54) is 10.9 Å². The molecule has 5 aromatic rings. The maximum absolute atomic E-state index is 11.2. The molecule has 34 heavy (non-hydrogen) atoms. The molecule has 0 bridgehead atoms. The number of aromatic nitrogens is 5. The van der Waals surface area contributed by atoms with E-state index in [1.54, 1.807) is 12.1 Å². The van der Waals surface area contributed by atoms with E-state index >= 15 is 0 Å². The van der Waals surface area contributed by atoms with Gasteiger partial charge >= 0.3 is 0 Å². The van der Waals surface area contributed by atoms with Crippen LogP contribution in [-0.4, -0.2) is 42.0 Å². The summed E-state index contributed by atoms with van der Waals surface area (Å²) in [6.45, 7) is 1.57. The number of nitrogens with zero attached hydrogens (tertiary/aromatic N) is 5. The standard InChI is InChI=1S/C25H21N7O2/c33-32(34)19-10-8-17(9-11-19)24-23-21(20-6-1-2-7-22(20)26-23)12-13-31(24)15-16-4-3-5-18(14-16)25-27-29-30-28-25/h1-11,14,24,26H,12-13,15H2,(H,27,28,29,30). The number of non-ortho nitro benzene ring substituents is 1. The number of benzene rings is 3. The van der Waals surface area contributed by atoms with E-state index in [1.807, 2.05) is 30.3 Å². The summed E-state index contributed by atoms with van der Waals surface area (Å²) in [6, 6.07) is 23.3. The van der Waals surface area contributed by atoms with Crippen LogP contribution in [0.4, 0.5) is 5.69 Å². The predicted octanol–water partition coefficient (Wildman–Crippen LogP) is 4.40. The largest absolute Gasteiger partial charge is 0.357 e. The fourth-order valence-corrected chi connectivity index (χ4v) is 4.94. The Morgan fingerprint density at radius 2 is 1.91 bits per heavy atom. The number of H-pyrrole nitrogens is 2. The summed E-state index contributed by atoms with van der Waals surface area (Å²) >= 11 is 0. The summed E-state index contributed by atoms with van der Waals surface area (Å²) in [7, 11) is 0. The smallest absolute Gasteiger partial charge is 0.269 e. The summed E-state index contributed by atoms with van der Waals surface area (Å²) in [4.78, 5) is 16.9. The molecule has 168 valence electrons. The summed E-state index contributed by atoms with van der Waals surface area (Å²) in [5, 5.41) is 26.8.